The van der Waals surface area contributed by atoms with Gasteiger partial charge in [-0.15, -0.1) is 0 Å². The first-order valence-corrected chi connectivity index (χ1v) is 11.9. The minimum atomic E-state index is -0.806. The van der Waals surface area contributed by atoms with Crippen molar-refractivity contribution in [2.75, 3.05) is 0 Å². The van der Waals surface area contributed by atoms with Crippen molar-refractivity contribution in [1.29, 1.82) is 0 Å². The van der Waals surface area contributed by atoms with Crippen LogP contribution in [-0.4, -0.2) is 22.8 Å². The van der Waals surface area contributed by atoms with E-state index in [1.54, 1.807) is 18.3 Å². The second-order valence-electron chi connectivity index (χ2n) is 9.06. The highest BCUT2D eigenvalue weighted by molar-refractivity contribution is 6.30. The van der Waals surface area contributed by atoms with Crippen molar-refractivity contribution in [2.45, 2.75) is 63.5 Å². The van der Waals surface area contributed by atoms with E-state index in [0.29, 0.717) is 25.0 Å². The van der Waals surface area contributed by atoms with Crippen LogP contribution >= 0.6 is 11.6 Å². The molecular formula is C25H28ClF2N3O2. The van der Waals surface area contributed by atoms with Gasteiger partial charge in [0.15, 0.2) is 0 Å². The van der Waals surface area contributed by atoms with Crippen LogP contribution in [-0.2, 0) is 16.0 Å². The summed E-state index contributed by atoms with van der Waals surface area (Å²) in [7, 11) is 0. The standard InChI is InChI=1S/C25H28ClF2N3O2/c26-19-10-11-20(27)22(23(19)28)24(15-5-1-2-6-15)31-25(33)16-8-9-18(13-16)30-21(32)14-17-7-3-4-12-29-17/h3-4,7,10-12,15-16,18,24H,1-2,5-6,8-9,13-14H2,(H,30,32)(H,31,33)/t16-,18?,24+/m1/s1. The van der Waals surface area contributed by atoms with Gasteiger partial charge in [-0.05, 0) is 62.3 Å². The minimum Gasteiger partial charge on any atom is -0.353 e. The molecule has 2 aliphatic rings. The number of carbonyl (C=O) groups is 2. The lowest BCUT2D eigenvalue weighted by Crippen LogP contribution is -2.38. The van der Waals surface area contributed by atoms with Crippen molar-refractivity contribution in [1.82, 2.24) is 15.6 Å². The Morgan fingerprint density at radius 2 is 1.88 bits per heavy atom. The molecule has 0 saturated heterocycles. The molecule has 1 aromatic heterocycles. The summed E-state index contributed by atoms with van der Waals surface area (Å²) < 4.78 is 29.4. The monoisotopic (exact) mass is 475 g/mol. The smallest absolute Gasteiger partial charge is 0.226 e. The fourth-order valence-corrected chi connectivity index (χ4v) is 5.28. The average Bonchev–Trinajstić information content (AvgIpc) is 3.49. The zero-order valence-corrected chi connectivity index (χ0v) is 19.1. The lowest BCUT2D eigenvalue weighted by molar-refractivity contribution is -0.126. The van der Waals surface area contributed by atoms with Gasteiger partial charge < -0.3 is 10.6 Å². The molecule has 0 radical (unpaired) electrons. The van der Waals surface area contributed by atoms with Crippen LogP contribution in [0.4, 0.5) is 8.78 Å². The number of carbonyl (C=O) groups excluding carboxylic acids is 2. The van der Waals surface area contributed by atoms with Crippen molar-refractivity contribution >= 4 is 23.4 Å². The van der Waals surface area contributed by atoms with E-state index in [2.05, 4.69) is 15.6 Å². The maximum atomic E-state index is 14.8. The van der Waals surface area contributed by atoms with Crippen molar-refractivity contribution in [2.24, 2.45) is 11.8 Å². The largest absolute Gasteiger partial charge is 0.353 e. The molecule has 2 aliphatic carbocycles. The van der Waals surface area contributed by atoms with Crippen molar-refractivity contribution in [3.05, 3.63) is 64.4 Å². The summed E-state index contributed by atoms with van der Waals surface area (Å²) >= 11 is 5.93. The van der Waals surface area contributed by atoms with E-state index >= 15 is 0 Å². The fourth-order valence-electron chi connectivity index (χ4n) is 5.11. The number of amides is 2. The molecule has 0 bridgehead atoms. The van der Waals surface area contributed by atoms with Crippen LogP contribution < -0.4 is 10.6 Å². The SMILES string of the molecule is O=C(Cc1ccccn1)NC1CC[C@@H](C(=O)N[C@H](c2c(F)ccc(Cl)c2F)C2CCCC2)C1. The van der Waals surface area contributed by atoms with Gasteiger partial charge >= 0.3 is 0 Å². The average molecular weight is 476 g/mol. The second kappa shape index (κ2) is 10.6. The molecule has 2 N–H and O–H groups in total. The Morgan fingerprint density at radius 3 is 2.61 bits per heavy atom. The van der Waals surface area contributed by atoms with Gasteiger partial charge in [-0.3, -0.25) is 14.6 Å². The molecule has 3 atom stereocenters. The maximum absolute atomic E-state index is 14.8. The van der Waals surface area contributed by atoms with Crippen molar-refractivity contribution in [3.8, 4) is 0 Å². The van der Waals surface area contributed by atoms with E-state index in [1.807, 2.05) is 6.07 Å². The molecule has 1 aromatic carbocycles. The summed E-state index contributed by atoms with van der Waals surface area (Å²) in [6.45, 7) is 0. The van der Waals surface area contributed by atoms with Crippen molar-refractivity contribution in [3.63, 3.8) is 0 Å². The molecule has 1 unspecified atom stereocenters. The number of pyridine rings is 1. The summed E-state index contributed by atoms with van der Waals surface area (Å²) in [5.74, 6) is -2.22. The van der Waals surface area contributed by atoms with Gasteiger partial charge in [-0.25, -0.2) is 8.78 Å². The number of nitrogens with one attached hydrogen (secondary N) is 2. The van der Waals surface area contributed by atoms with E-state index in [9.17, 15) is 18.4 Å². The number of rotatable bonds is 7. The molecule has 0 spiro atoms. The van der Waals surface area contributed by atoms with Gasteiger partial charge in [0, 0.05) is 29.4 Å². The van der Waals surface area contributed by atoms with E-state index in [-0.39, 0.29) is 46.7 Å². The molecule has 2 saturated carbocycles. The molecule has 1 heterocycles. The Labute approximate surface area is 197 Å². The fraction of sp³-hybridized carbons (Fsp3) is 0.480. The summed E-state index contributed by atoms with van der Waals surface area (Å²) in [5.41, 5.74) is 0.535. The molecule has 2 fully saturated rings. The molecule has 4 rings (SSSR count). The maximum Gasteiger partial charge on any atom is 0.226 e. The molecule has 176 valence electrons. The van der Waals surface area contributed by atoms with Gasteiger partial charge in [0.25, 0.3) is 0 Å². The number of aromatic nitrogens is 1. The van der Waals surface area contributed by atoms with Gasteiger partial charge in [0.2, 0.25) is 11.8 Å². The second-order valence-corrected chi connectivity index (χ2v) is 9.47. The van der Waals surface area contributed by atoms with Crippen LogP contribution in [0.3, 0.4) is 0 Å². The number of nitrogens with zero attached hydrogens (tertiary/aromatic N) is 1. The molecule has 8 heteroatoms. The normalized spacial score (nSPS) is 21.7. The Bertz CT molecular complexity index is 999. The third-order valence-electron chi connectivity index (χ3n) is 6.80. The van der Waals surface area contributed by atoms with Gasteiger partial charge in [-0.2, -0.15) is 0 Å². The highest BCUT2D eigenvalue weighted by Crippen LogP contribution is 2.39. The third-order valence-corrected chi connectivity index (χ3v) is 7.09. The minimum absolute atomic E-state index is 0.0355. The van der Waals surface area contributed by atoms with Crippen LogP contribution in [0.1, 0.15) is 62.2 Å². The molecule has 33 heavy (non-hydrogen) atoms. The summed E-state index contributed by atoms with van der Waals surface area (Å²) in [6.07, 6.45) is 7.15. The molecule has 5 nitrogen and oxygen atoms in total. The quantitative estimate of drug-likeness (QED) is 0.560. The highest BCUT2D eigenvalue weighted by Gasteiger charge is 2.36. The zero-order chi connectivity index (χ0) is 23.4. The number of hydrogen-bond donors (Lipinski definition) is 2. The van der Waals surface area contributed by atoms with Crippen LogP contribution in [0.15, 0.2) is 36.5 Å². The lowest BCUT2D eigenvalue weighted by Gasteiger charge is -2.27. The highest BCUT2D eigenvalue weighted by atomic mass is 35.5. The lowest BCUT2D eigenvalue weighted by atomic mass is 9.90. The molecule has 2 amide bonds. The molecular weight excluding hydrogens is 448 g/mol. The van der Waals surface area contributed by atoms with E-state index in [4.69, 9.17) is 11.6 Å². The summed E-state index contributed by atoms with van der Waals surface area (Å²) in [4.78, 5) is 29.6. The van der Waals surface area contributed by atoms with E-state index in [1.165, 1.54) is 6.07 Å². The Balaban J connectivity index is 1.40. The van der Waals surface area contributed by atoms with Crippen LogP contribution in [0.25, 0.3) is 0 Å². The Hall–Kier alpha value is -2.54. The van der Waals surface area contributed by atoms with Crippen LogP contribution in [0, 0.1) is 23.5 Å². The first-order valence-electron chi connectivity index (χ1n) is 11.6. The van der Waals surface area contributed by atoms with E-state index < -0.39 is 17.7 Å². The number of halogens is 3. The van der Waals surface area contributed by atoms with E-state index in [0.717, 1.165) is 31.7 Å². The van der Waals surface area contributed by atoms with Crippen molar-refractivity contribution < 1.29 is 18.4 Å². The molecule has 0 aliphatic heterocycles. The topological polar surface area (TPSA) is 71.1 Å². The predicted octanol–water partition coefficient (Wildman–Crippen LogP) is 4.89. The first kappa shape index (κ1) is 23.6. The summed E-state index contributed by atoms with van der Waals surface area (Å²) in [6, 6.07) is 6.90. The summed E-state index contributed by atoms with van der Waals surface area (Å²) in [5, 5.41) is 5.77. The van der Waals surface area contributed by atoms with Crippen LogP contribution in [0.2, 0.25) is 5.02 Å². The van der Waals surface area contributed by atoms with Gasteiger partial charge in [0.05, 0.1) is 17.5 Å². The third kappa shape index (κ3) is 5.69. The Morgan fingerprint density at radius 1 is 1.09 bits per heavy atom. The van der Waals surface area contributed by atoms with Gasteiger partial charge in [-0.1, -0.05) is 30.5 Å². The predicted molar refractivity (Wildman–Crippen MR) is 121 cm³/mol. The number of hydrogen-bond acceptors (Lipinski definition) is 3. The van der Waals surface area contributed by atoms with Crippen LogP contribution in [0.5, 0.6) is 0 Å². The zero-order valence-electron chi connectivity index (χ0n) is 18.3. The molecule has 2 aromatic rings. The Kier molecular flexibility index (Phi) is 7.58. The number of benzene rings is 1. The van der Waals surface area contributed by atoms with Gasteiger partial charge in [0.1, 0.15) is 11.6 Å². The first-order chi connectivity index (χ1) is 15.9.